The first-order valence-corrected chi connectivity index (χ1v) is 5.05. The average Bonchev–Trinajstić information content (AvgIpc) is 2.39. The van der Waals surface area contributed by atoms with E-state index in [-0.39, 0.29) is 23.1 Å². The van der Waals surface area contributed by atoms with E-state index in [0.29, 0.717) is 0 Å². The Morgan fingerprint density at radius 2 is 2.05 bits per heavy atom. The van der Waals surface area contributed by atoms with Crippen LogP contribution in [0, 0.1) is 10.1 Å². The zero-order valence-electron chi connectivity index (χ0n) is 9.39. The molecule has 2 rings (SSSR count). The predicted octanol–water partition coefficient (Wildman–Crippen LogP) is 1.88. The third-order valence-electron chi connectivity index (χ3n) is 2.12. The van der Waals surface area contributed by atoms with Crippen LogP contribution in [0.2, 0.25) is 0 Å². The molecule has 0 unspecified atom stereocenters. The fourth-order valence-electron chi connectivity index (χ4n) is 1.30. The van der Waals surface area contributed by atoms with Crippen LogP contribution in [-0.4, -0.2) is 26.0 Å². The summed E-state index contributed by atoms with van der Waals surface area (Å²) < 4.78 is 5.13. The maximum absolute atomic E-state index is 10.8. The number of nitrogens with zero attached hydrogens (tertiary/aromatic N) is 3. The van der Waals surface area contributed by atoms with Gasteiger partial charge in [-0.05, 0) is 12.1 Å². The number of rotatable bonds is 4. The van der Waals surface area contributed by atoms with Gasteiger partial charge in [-0.3, -0.25) is 10.1 Å². The van der Waals surface area contributed by atoms with E-state index >= 15 is 0 Å². The van der Waals surface area contributed by atoms with Crippen LogP contribution in [0.3, 0.4) is 0 Å². The number of carbonyl (C=O) groups is 1. The number of ether oxygens (including phenoxy) is 1. The van der Waals surface area contributed by atoms with E-state index < -0.39 is 10.9 Å². The van der Waals surface area contributed by atoms with Crippen molar-refractivity contribution in [1.82, 2.24) is 9.97 Å². The van der Waals surface area contributed by atoms with E-state index in [1.54, 1.807) is 6.07 Å². The number of hydrogen-bond donors (Lipinski definition) is 1. The highest BCUT2D eigenvalue weighted by molar-refractivity contribution is 5.85. The van der Waals surface area contributed by atoms with E-state index in [4.69, 9.17) is 9.84 Å². The van der Waals surface area contributed by atoms with Crippen LogP contribution in [0.5, 0.6) is 11.8 Å². The van der Waals surface area contributed by atoms with Gasteiger partial charge in [0.1, 0.15) is 0 Å². The highest BCUT2D eigenvalue weighted by Crippen LogP contribution is 2.28. The molecule has 1 heterocycles. The van der Waals surface area contributed by atoms with Crippen LogP contribution in [0.4, 0.5) is 5.69 Å². The van der Waals surface area contributed by atoms with Gasteiger partial charge < -0.3 is 9.84 Å². The summed E-state index contributed by atoms with van der Waals surface area (Å²) in [5.41, 5.74) is -0.518. The second kappa shape index (κ2) is 5.08. The van der Waals surface area contributed by atoms with Crippen molar-refractivity contribution in [3.8, 4) is 11.8 Å². The van der Waals surface area contributed by atoms with E-state index in [9.17, 15) is 14.9 Å². The molecule has 0 saturated heterocycles. The summed E-state index contributed by atoms with van der Waals surface area (Å²) in [4.78, 5) is 28.2. The third-order valence-corrected chi connectivity index (χ3v) is 2.12. The van der Waals surface area contributed by atoms with Crippen LogP contribution in [0.1, 0.15) is 10.5 Å². The Labute approximate surface area is 106 Å². The first-order chi connectivity index (χ1) is 9.08. The standard InChI is InChI=1S/C11H7N3O5/c15-10(16)7-5-6-12-11(13-7)19-9-4-2-1-3-8(9)14(17)18/h1-6H,(H,15,16). The second-order valence-corrected chi connectivity index (χ2v) is 3.36. The Hall–Kier alpha value is -3.03. The minimum absolute atomic E-state index is 0.0601. The number of para-hydroxylation sites is 2. The lowest BCUT2D eigenvalue weighted by Gasteiger charge is -2.04. The highest BCUT2D eigenvalue weighted by atomic mass is 16.6. The molecular formula is C11H7N3O5. The number of aromatic nitrogens is 2. The molecule has 1 N–H and O–H groups in total. The van der Waals surface area contributed by atoms with Gasteiger partial charge >= 0.3 is 17.7 Å². The van der Waals surface area contributed by atoms with Gasteiger partial charge in [0, 0.05) is 12.3 Å². The van der Waals surface area contributed by atoms with Crippen LogP contribution in [-0.2, 0) is 0 Å². The fraction of sp³-hybridized carbons (Fsp3) is 0. The van der Waals surface area contributed by atoms with Gasteiger partial charge in [0.15, 0.2) is 5.69 Å². The molecule has 0 atom stereocenters. The van der Waals surface area contributed by atoms with Crippen molar-refractivity contribution in [2.45, 2.75) is 0 Å². The minimum atomic E-state index is -1.24. The number of carboxylic acids is 1. The molecule has 0 radical (unpaired) electrons. The molecule has 1 aromatic carbocycles. The van der Waals surface area contributed by atoms with Crippen LogP contribution in [0.25, 0.3) is 0 Å². The van der Waals surface area contributed by atoms with E-state index in [0.717, 1.165) is 0 Å². The van der Waals surface area contributed by atoms with Crippen molar-refractivity contribution < 1.29 is 19.6 Å². The zero-order chi connectivity index (χ0) is 13.8. The Bertz CT molecular complexity index is 644. The van der Waals surface area contributed by atoms with E-state index in [1.807, 2.05) is 0 Å². The maximum Gasteiger partial charge on any atom is 0.354 e. The number of aromatic carboxylic acids is 1. The second-order valence-electron chi connectivity index (χ2n) is 3.36. The quantitative estimate of drug-likeness (QED) is 0.659. The molecule has 8 heteroatoms. The van der Waals surface area contributed by atoms with Gasteiger partial charge in [-0.15, -0.1) is 0 Å². The largest absolute Gasteiger partial charge is 0.477 e. The van der Waals surface area contributed by atoms with E-state index in [2.05, 4.69) is 9.97 Å². The highest BCUT2D eigenvalue weighted by Gasteiger charge is 2.16. The molecule has 1 aromatic heterocycles. The molecule has 8 nitrogen and oxygen atoms in total. The summed E-state index contributed by atoms with van der Waals surface area (Å²) in [5.74, 6) is -1.30. The number of hydrogen-bond acceptors (Lipinski definition) is 6. The van der Waals surface area contributed by atoms with Gasteiger partial charge in [0.25, 0.3) is 0 Å². The molecular weight excluding hydrogens is 254 g/mol. The Balaban J connectivity index is 2.34. The molecule has 0 saturated carbocycles. The number of nitro groups is 1. The maximum atomic E-state index is 10.8. The SMILES string of the molecule is O=C(O)c1ccnc(Oc2ccccc2[N+](=O)[O-])n1. The van der Waals surface area contributed by atoms with Crippen molar-refractivity contribution in [3.05, 3.63) is 52.3 Å². The van der Waals surface area contributed by atoms with Crippen molar-refractivity contribution in [1.29, 1.82) is 0 Å². The van der Waals surface area contributed by atoms with Gasteiger partial charge in [-0.25, -0.2) is 9.78 Å². The molecule has 96 valence electrons. The Morgan fingerprint density at radius 3 is 2.74 bits per heavy atom. The van der Waals surface area contributed by atoms with Crippen molar-refractivity contribution >= 4 is 11.7 Å². The summed E-state index contributed by atoms with van der Waals surface area (Å²) in [5, 5.41) is 19.5. The van der Waals surface area contributed by atoms with Crippen LogP contribution in [0.15, 0.2) is 36.5 Å². The summed E-state index contributed by atoms with van der Waals surface area (Å²) in [6.45, 7) is 0. The van der Waals surface area contributed by atoms with Crippen molar-refractivity contribution in [3.63, 3.8) is 0 Å². The lowest BCUT2D eigenvalue weighted by Crippen LogP contribution is -2.03. The molecule has 2 aromatic rings. The summed E-state index contributed by atoms with van der Waals surface area (Å²) in [7, 11) is 0. The van der Waals surface area contributed by atoms with Crippen LogP contribution < -0.4 is 4.74 Å². The average molecular weight is 261 g/mol. The molecule has 0 aliphatic rings. The number of benzene rings is 1. The number of nitro benzene ring substituents is 1. The minimum Gasteiger partial charge on any atom is -0.477 e. The lowest BCUT2D eigenvalue weighted by atomic mass is 10.3. The Morgan fingerprint density at radius 1 is 1.32 bits per heavy atom. The first-order valence-electron chi connectivity index (χ1n) is 5.05. The summed E-state index contributed by atoms with van der Waals surface area (Å²) >= 11 is 0. The molecule has 0 aliphatic heterocycles. The molecule has 19 heavy (non-hydrogen) atoms. The zero-order valence-corrected chi connectivity index (χ0v) is 9.39. The lowest BCUT2D eigenvalue weighted by molar-refractivity contribution is -0.385. The van der Waals surface area contributed by atoms with Crippen molar-refractivity contribution in [2.24, 2.45) is 0 Å². The van der Waals surface area contributed by atoms with Gasteiger partial charge in [0.2, 0.25) is 5.75 Å². The predicted molar refractivity (Wildman–Crippen MR) is 62.2 cm³/mol. The summed E-state index contributed by atoms with van der Waals surface area (Å²) in [6, 6.07) is 6.58. The third kappa shape index (κ3) is 2.80. The van der Waals surface area contributed by atoms with E-state index in [1.165, 1.54) is 30.5 Å². The normalized spacial score (nSPS) is 9.89. The van der Waals surface area contributed by atoms with Crippen molar-refractivity contribution in [2.75, 3.05) is 0 Å². The van der Waals surface area contributed by atoms with Crippen LogP contribution >= 0.6 is 0 Å². The van der Waals surface area contributed by atoms with Gasteiger partial charge in [-0.2, -0.15) is 4.98 Å². The molecule has 0 amide bonds. The smallest absolute Gasteiger partial charge is 0.354 e. The molecule has 0 spiro atoms. The van der Waals surface area contributed by atoms with Gasteiger partial charge in [-0.1, -0.05) is 12.1 Å². The summed E-state index contributed by atoms with van der Waals surface area (Å²) in [6.07, 6.45) is 1.19. The molecule has 0 fully saturated rings. The monoisotopic (exact) mass is 261 g/mol. The topological polar surface area (TPSA) is 115 Å². The fourth-order valence-corrected chi connectivity index (χ4v) is 1.30. The Kier molecular flexibility index (Phi) is 3.33. The molecule has 0 bridgehead atoms. The molecule has 0 aliphatic carbocycles. The van der Waals surface area contributed by atoms with Gasteiger partial charge in [0.05, 0.1) is 4.92 Å². The number of carboxylic acid groups (broad SMARTS) is 1. The first kappa shape index (κ1) is 12.4.